The summed E-state index contributed by atoms with van der Waals surface area (Å²) in [6.45, 7) is 0.615. The first kappa shape index (κ1) is 19.9. The smallest absolute Gasteiger partial charge is 0.414 e. The second-order valence-corrected chi connectivity index (χ2v) is 5.74. The van der Waals surface area contributed by atoms with E-state index in [-0.39, 0.29) is 6.04 Å². The third-order valence-corrected chi connectivity index (χ3v) is 3.85. The van der Waals surface area contributed by atoms with Crippen LogP contribution in [-0.2, 0) is 9.59 Å². The van der Waals surface area contributed by atoms with Gasteiger partial charge in [-0.1, -0.05) is 66.7 Å². The number of hydrogen-bond donors (Lipinski definition) is 3. The van der Waals surface area contributed by atoms with E-state index in [2.05, 4.69) is 30.3 Å². The summed E-state index contributed by atoms with van der Waals surface area (Å²) in [5.74, 6) is -2.72. The van der Waals surface area contributed by atoms with Crippen LogP contribution in [0.15, 0.2) is 72.8 Å². The summed E-state index contributed by atoms with van der Waals surface area (Å²) >= 11 is 0. The minimum atomic E-state index is -1.82. The summed E-state index contributed by atoms with van der Waals surface area (Å²) in [6, 6.07) is 24.5. The summed E-state index contributed by atoms with van der Waals surface area (Å²) in [4.78, 5) is 18.2. The van der Waals surface area contributed by atoms with Crippen LogP contribution in [0.1, 0.15) is 18.0 Å². The second kappa shape index (κ2) is 9.94. The molecule has 140 valence electrons. The van der Waals surface area contributed by atoms with E-state index in [4.69, 9.17) is 30.3 Å². The highest BCUT2D eigenvalue weighted by molar-refractivity contribution is 6.27. The lowest BCUT2D eigenvalue weighted by Crippen LogP contribution is -2.14. The number of nitrogens with two attached hydrogens (primary N) is 1. The number of carboxylic acid groups (broad SMARTS) is 2. The van der Waals surface area contributed by atoms with Gasteiger partial charge in [-0.3, -0.25) is 0 Å². The van der Waals surface area contributed by atoms with Crippen LogP contribution in [0.5, 0.6) is 5.75 Å². The molecule has 0 amide bonds. The Balaban J connectivity index is 0.000000380. The summed E-state index contributed by atoms with van der Waals surface area (Å²) in [6.07, 6.45) is 0.799. The summed E-state index contributed by atoms with van der Waals surface area (Å²) in [5, 5.41) is 17.1. The van der Waals surface area contributed by atoms with E-state index in [0.29, 0.717) is 6.61 Å². The molecule has 1 unspecified atom stereocenters. The Bertz CT molecular complexity index is 878. The fourth-order valence-electron chi connectivity index (χ4n) is 2.48. The highest BCUT2D eigenvalue weighted by Gasteiger charge is 2.06. The molecule has 0 saturated carbocycles. The lowest BCUT2D eigenvalue weighted by atomic mass is 10.1. The van der Waals surface area contributed by atoms with Crippen molar-refractivity contribution in [1.29, 1.82) is 0 Å². The summed E-state index contributed by atoms with van der Waals surface area (Å²) in [7, 11) is 0. The van der Waals surface area contributed by atoms with Gasteiger partial charge in [-0.05, 0) is 17.0 Å². The molecule has 0 aliphatic heterocycles. The zero-order valence-electron chi connectivity index (χ0n) is 14.6. The van der Waals surface area contributed by atoms with E-state index in [1.807, 2.05) is 42.5 Å². The monoisotopic (exact) mass is 367 g/mol. The van der Waals surface area contributed by atoms with E-state index < -0.39 is 11.9 Å². The molecule has 0 bridgehead atoms. The van der Waals surface area contributed by atoms with Crippen LogP contribution in [0.4, 0.5) is 0 Å². The topological polar surface area (TPSA) is 110 Å². The average molecular weight is 367 g/mol. The van der Waals surface area contributed by atoms with E-state index in [1.165, 1.54) is 5.39 Å². The molecule has 6 heteroatoms. The largest absolute Gasteiger partial charge is 0.493 e. The van der Waals surface area contributed by atoms with Crippen molar-refractivity contribution in [2.24, 2.45) is 5.73 Å². The van der Waals surface area contributed by atoms with Crippen LogP contribution >= 0.6 is 0 Å². The van der Waals surface area contributed by atoms with Crippen molar-refractivity contribution in [2.45, 2.75) is 12.5 Å². The molecule has 0 heterocycles. The Morgan fingerprint density at radius 2 is 1.44 bits per heavy atom. The fourth-order valence-corrected chi connectivity index (χ4v) is 2.48. The Hall–Kier alpha value is -3.38. The van der Waals surface area contributed by atoms with Crippen molar-refractivity contribution in [3.63, 3.8) is 0 Å². The van der Waals surface area contributed by atoms with Crippen molar-refractivity contribution < 1.29 is 24.5 Å². The molecule has 3 aromatic rings. The predicted molar refractivity (Wildman–Crippen MR) is 103 cm³/mol. The Labute approximate surface area is 156 Å². The zero-order valence-corrected chi connectivity index (χ0v) is 14.6. The van der Waals surface area contributed by atoms with Gasteiger partial charge in [0.2, 0.25) is 0 Å². The third-order valence-electron chi connectivity index (χ3n) is 3.85. The van der Waals surface area contributed by atoms with E-state index in [9.17, 15) is 0 Å². The number of fused-ring (bicyclic) bond motifs is 1. The third kappa shape index (κ3) is 6.13. The lowest BCUT2D eigenvalue weighted by Gasteiger charge is -2.14. The summed E-state index contributed by atoms with van der Waals surface area (Å²) < 4.78 is 5.93. The minimum Gasteiger partial charge on any atom is -0.493 e. The number of hydrogen-bond acceptors (Lipinski definition) is 4. The SMILES string of the molecule is NC(CCOc1cccc2ccccc12)c1ccccc1.O=C(O)C(=O)O. The maximum atomic E-state index is 9.10. The summed E-state index contributed by atoms with van der Waals surface area (Å²) in [5.41, 5.74) is 7.34. The van der Waals surface area contributed by atoms with Gasteiger partial charge in [-0.25, -0.2) is 9.59 Å². The van der Waals surface area contributed by atoms with Gasteiger partial charge in [0, 0.05) is 17.8 Å². The van der Waals surface area contributed by atoms with E-state index in [1.54, 1.807) is 0 Å². The van der Waals surface area contributed by atoms with Crippen LogP contribution in [0.2, 0.25) is 0 Å². The molecule has 0 spiro atoms. The first-order chi connectivity index (χ1) is 13.0. The van der Waals surface area contributed by atoms with Gasteiger partial charge in [0.15, 0.2) is 0 Å². The molecule has 3 aromatic carbocycles. The molecule has 6 nitrogen and oxygen atoms in total. The Kier molecular flexibility index (Phi) is 7.34. The van der Waals surface area contributed by atoms with Crippen LogP contribution < -0.4 is 10.5 Å². The molecule has 0 aliphatic rings. The first-order valence-corrected chi connectivity index (χ1v) is 8.36. The second-order valence-electron chi connectivity index (χ2n) is 5.74. The Morgan fingerprint density at radius 3 is 2.11 bits per heavy atom. The number of aliphatic carboxylic acids is 2. The van der Waals surface area contributed by atoms with Gasteiger partial charge in [-0.15, -0.1) is 0 Å². The molecule has 4 N–H and O–H groups in total. The van der Waals surface area contributed by atoms with Gasteiger partial charge >= 0.3 is 11.9 Å². The molecule has 27 heavy (non-hydrogen) atoms. The Morgan fingerprint density at radius 1 is 0.852 bits per heavy atom. The van der Waals surface area contributed by atoms with Crippen molar-refractivity contribution in [2.75, 3.05) is 6.61 Å². The van der Waals surface area contributed by atoms with Gasteiger partial charge in [0.05, 0.1) is 6.61 Å². The first-order valence-electron chi connectivity index (χ1n) is 8.36. The van der Waals surface area contributed by atoms with Crippen molar-refractivity contribution >= 4 is 22.7 Å². The molecule has 3 rings (SSSR count). The number of rotatable bonds is 5. The molecular weight excluding hydrogens is 346 g/mol. The molecular formula is C21H21NO5. The number of carboxylic acids is 2. The van der Waals surface area contributed by atoms with Crippen LogP contribution in [0.25, 0.3) is 10.8 Å². The van der Waals surface area contributed by atoms with Crippen molar-refractivity contribution in [1.82, 2.24) is 0 Å². The van der Waals surface area contributed by atoms with Crippen molar-refractivity contribution in [3.8, 4) is 5.75 Å². The lowest BCUT2D eigenvalue weighted by molar-refractivity contribution is -0.159. The van der Waals surface area contributed by atoms with Crippen molar-refractivity contribution in [3.05, 3.63) is 78.4 Å². The predicted octanol–water partition coefficient (Wildman–Crippen LogP) is 3.46. The molecule has 0 saturated heterocycles. The van der Waals surface area contributed by atoms with Gasteiger partial charge in [-0.2, -0.15) is 0 Å². The number of ether oxygens (including phenoxy) is 1. The van der Waals surface area contributed by atoms with Gasteiger partial charge in [0.25, 0.3) is 0 Å². The number of carbonyl (C=O) groups is 2. The molecule has 0 fully saturated rings. The van der Waals surface area contributed by atoms with Crippen LogP contribution in [0.3, 0.4) is 0 Å². The molecule has 0 aromatic heterocycles. The van der Waals surface area contributed by atoms with Crippen LogP contribution in [-0.4, -0.2) is 28.8 Å². The average Bonchev–Trinajstić information content (AvgIpc) is 2.69. The highest BCUT2D eigenvalue weighted by atomic mass is 16.5. The molecule has 0 radical (unpaired) electrons. The van der Waals surface area contributed by atoms with Crippen LogP contribution in [0, 0.1) is 0 Å². The maximum absolute atomic E-state index is 9.10. The maximum Gasteiger partial charge on any atom is 0.414 e. The highest BCUT2D eigenvalue weighted by Crippen LogP contribution is 2.25. The molecule has 0 aliphatic carbocycles. The normalized spacial score (nSPS) is 11.1. The van der Waals surface area contributed by atoms with E-state index >= 15 is 0 Å². The van der Waals surface area contributed by atoms with Gasteiger partial charge < -0.3 is 20.7 Å². The zero-order chi connectivity index (χ0) is 19.6. The van der Waals surface area contributed by atoms with E-state index in [0.717, 1.165) is 23.1 Å². The standard InChI is InChI=1S/C19H19NO.C2H2O4/c20-18(16-8-2-1-3-9-16)13-14-21-19-12-6-10-15-7-4-5-11-17(15)19;3-1(4)2(5)6/h1-12,18H,13-14,20H2;(H,3,4)(H,5,6). The fraction of sp³-hybridized carbons (Fsp3) is 0.143. The molecule has 1 atom stereocenters. The quantitative estimate of drug-likeness (QED) is 0.596. The minimum absolute atomic E-state index is 0.0150. The van der Waals surface area contributed by atoms with Gasteiger partial charge in [0.1, 0.15) is 5.75 Å². The number of benzene rings is 3.